The highest BCUT2D eigenvalue weighted by Crippen LogP contribution is 2.22. The standard InChI is InChI=1S/C24H38N4O5/c1-32-19-7-5-18(6-8-19)26-24(31)27-21-10-9-20(33-22(21)17-29)11-13-25-23(30)12-16-28-14-3-2-4-15-28/h5-8,20-22,29H,2-4,9-17H2,1H3,(H,25,30)(H2,26,27,31)/t20-,21+,22-/m0/s1. The quantitative estimate of drug-likeness (QED) is 0.424. The summed E-state index contributed by atoms with van der Waals surface area (Å²) in [5, 5.41) is 18.4. The van der Waals surface area contributed by atoms with Crippen LogP contribution in [0.15, 0.2) is 24.3 Å². The third-order valence-electron chi connectivity index (χ3n) is 6.35. The molecule has 1 aromatic rings. The smallest absolute Gasteiger partial charge is 0.319 e. The third kappa shape index (κ3) is 8.49. The van der Waals surface area contributed by atoms with Crippen LogP contribution in [0.5, 0.6) is 5.75 Å². The first-order valence-corrected chi connectivity index (χ1v) is 12.0. The molecule has 0 saturated carbocycles. The van der Waals surface area contributed by atoms with Gasteiger partial charge in [-0.3, -0.25) is 4.79 Å². The molecule has 0 bridgehead atoms. The molecule has 9 nitrogen and oxygen atoms in total. The average Bonchev–Trinajstić information content (AvgIpc) is 2.84. The van der Waals surface area contributed by atoms with Gasteiger partial charge in [0.1, 0.15) is 11.9 Å². The van der Waals surface area contributed by atoms with Gasteiger partial charge < -0.3 is 35.4 Å². The number of amides is 3. The predicted octanol–water partition coefficient (Wildman–Crippen LogP) is 2.11. The zero-order valence-corrected chi connectivity index (χ0v) is 19.6. The fourth-order valence-electron chi connectivity index (χ4n) is 4.42. The Labute approximate surface area is 196 Å². The van der Waals surface area contributed by atoms with Gasteiger partial charge >= 0.3 is 6.03 Å². The van der Waals surface area contributed by atoms with Crippen LogP contribution in [0.1, 0.15) is 44.9 Å². The fourth-order valence-corrected chi connectivity index (χ4v) is 4.42. The molecule has 2 aliphatic heterocycles. The summed E-state index contributed by atoms with van der Waals surface area (Å²) in [6.45, 7) is 3.40. The van der Waals surface area contributed by atoms with Crippen molar-refractivity contribution in [1.29, 1.82) is 0 Å². The van der Waals surface area contributed by atoms with Crippen molar-refractivity contribution in [2.75, 3.05) is 45.2 Å². The summed E-state index contributed by atoms with van der Waals surface area (Å²) in [4.78, 5) is 26.8. The van der Waals surface area contributed by atoms with Gasteiger partial charge in [-0.15, -0.1) is 0 Å². The summed E-state index contributed by atoms with van der Waals surface area (Å²) in [5.74, 6) is 0.788. The molecule has 9 heteroatoms. The summed E-state index contributed by atoms with van der Waals surface area (Å²) in [7, 11) is 1.59. The molecule has 0 spiro atoms. The van der Waals surface area contributed by atoms with Crippen LogP contribution in [0, 0.1) is 0 Å². The van der Waals surface area contributed by atoms with E-state index in [1.54, 1.807) is 31.4 Å². The first kappa shape index (κ1) is 25.3. The third-order valence-corrected chi connectivity index (χ3v) is 6.35. The Morgan fingerprint density at radius 1 is 1.15 bits per heavy atom. The average molecular weight is 463 g/mol. The van der Waals surface area contributed by atoms with Crippen LogP contribution < -0.4 is 20.7 Å². The van der Waals surface area contributed by atoms with Crippen molar-refractivity contribution in [3.8, 4) is 5.75 Å². The molecular weight excluding hydrogens is 424 g/mol. The number of carbonyl (C=O) groups is 2. The lowest BCUT2D eigenvalue weighted by Crippen LogP contribution is -2.52. The maximum Gasteiger partial charge on any atom is 0.319 e. The van der Waals surface area contributed by atoms with Crippen LogP contribution >= 0.6 is 0 Å². The van der Waals surface area contributed by atoms with Gasteiger partial charge in [0.15, 0.2) is 0 Å². The van der Waals surface area contributed by atoms with E-state index >= 15 is 0 Å². The second-order valence-corrected chi connectivity index (χ2v) is 8.78. The Hall–Kier alpha value is -2.36. The van der Waals surface area contributed by atoms with Gasteiger partial charge in [-0.2, -0.15) is 0 Å². The van der Waals surface area contributed by atoms with Gasteiger partial charge in [0, 0.05) is 25.2 Å². The van der Waals surface area contributed by atoms with Crippen molar-refractivity contribution < 1.29 is 24.2 Å². The van der Waals surface area contributed by atoms with E-state index in [0.717, 1.165) is 26.1 Å². The van der Waals surface area contributed by atoms with Crippen LogP contribution in [-0.2, 0) is 9.53 Å². The summed E-state index contributed by atoms with van der Waals surface area (Å²) in [6, 6.07) is 6.45. The number of piperidine rings is 1. The van der Waals surface area contributed by atoms with E-state index in [1.807, 2.05) is 0 Å². The van der Waals surface area contributed by atoms with Gasteiger partial charge in [-0.1, -0.05) is 6.42 Å². The van der Waals surface area contributed by atoms with Gasteiger partial charge in [0.2, 0.25) is 5.91 Å². The minimum absolute atomic E-state index is 0.0488. The monoisotopic (exact) mass is 462 g/mol. The van der Waals surface area contributed by atoms with E-state index in [4.69, 9.17) is 9.47 Å². The lowest BCUT2D eigenvalue weighted by Gasteiger charge is -2.36. The largest absolute Gasteiger partial charge is 0.497 e. The van der Waals surface area contributed by atoms with Crippen molar-refractivity contribution in [3.05, 3.63) is 24.3 Å². The number of aliphatic hydroxyl groups excluding tert-OH is 1. The molecule has 0 aliphatic carbocycles. The molecule has 184 valence electrons. The molecule has 3 atom stereocenters. The number of rotatable bonds is 10. The number of nitrogens with one attached hydrogen (secondary N) is 3. The van der Waals surface area contributed by atoms with E-state index < -0.39 is 6.10 Å². The zero-order valence-electron chi connectivity index (χ0n) is 19.6. The number of benzene rings is 1. The number of nitrogens with zero attached hydrogens (tertiary/aromatic N) is 1. The number of hydrogen-bond donors (Lipinski definition) is 4. The van der Waals surface area contributed by atoms with Gasteiger partial charge in [-0.05, 0) is 69.5 Å². The molecule has 1 aromatic carbocycles. The van der Waals surface area contributed by atoms with Gasteiger partial charge in [-0.25, -0.2) is 4.79 Å². The first-order chi connectivity index (χ1) is 16.1. The molecule has 2 saturated heterocycles. The number of likely N-dealkylation sites (tertiary alicyclic amines) is 1. The second-order valence-electron chi connectivity index (χ2n) is 8.78. The highest BCUT2D eigenvalue weighted by atomic mass is 16.5. The van der Waals surface area contributed by atoms with Crippen LogP contribution in [0.3, 0.4) is 0 Å². The molecule has 3 amide bonds. The van der Waals surface area contributed by atoms with Crippen molar-refractivity contribution in [2.45, 2.75) is 63.2 Å². The topological polar surface area (TPSA) is 112 Å². The SMILES string of the molecule is COc1ccc(NC(=O)N[C@@H]2CC[C@@H](CCNC(=O)CCN3CCCCC3)O[C@H]2CO)cc1. The molecule has 33 heavy (non-hydrogen) atoms. The van der Waals surface area contributed by atoms with Crippen molar-refractivity contribution in [3.63, 3.8) is 0 Å². The minimum atomic E-state index is -0.472. The van der Waals surface area contributed by atoms with E-state index in [1.165, 1.54) is 19.3 Å². The Morgan fingerprint density at radius 2 is 1.91 bits per heavy atom. The maximum atomic E-state index is 12.4. The van der Waals surface area contributed by atoms with E-state index in [2.05, 4.69) is 20.9 Å². The summed E-state index contributed by atoms with van der Waals surface area (Å²) in [6.07, 6.45) is 5.91. The predicted molar refractivity (Wildman–Crippen MR) is 126 cm³/mol. The number of carbonyl (C=O) groups excluding carboxylic acids is 2. The fraction of sp³-hybridized carbons (Fsp3) is 0.667. The molecule has 4 N–H and O–H groups in total. The molecule has 0 unspecified atom stereocenters. The van der Waals surface area contributed by atoms with Gasteiger partial charge in [0.25, 0.3) is 0 Å². The summed E-state index contributed by atoms with van der Waals surface area (Å²) < 4.78 is 11.1. The molecule has 2 heterocycles. The number of urea groups is 1. The van der Waals surface area contributed by atoms with Crippen molar-refractivity contribution in [1.82, 2.24) is 15.5 Å². The zero-order chi connectivity index (χ0) is 23.5. The molecule has 3 rings (SSSR count). The Bertz CT molecular complexity index is 739. The first-order valence-electron chi connectivity index (χ1n) is 12.0. The minimum Gasteiger partial charge on any atom is -0.497 e. The van der Waals surface area contributed by atoms with Crippen LogP contribution in [0.25, 0.3) is 0 Å². The van der Waals surface area contributed by atoms with Crippen LogP contribution in [0.4, 0.5) is 10.5 Å². The molecule has 0 aromatic heterocycles. The number of aliphatic hydroxyl groups is 1. The molecule has 0 radical (unpaired) electrons. The number of ether oxygens (including phenoxy) is 2. The lowest BCUT2D eigenvalue weighted by atomic mass is 9.97. The number of methoxy groups -OCH3 is 1. The van der Waals surface area contributed by atoms with Gasteiger partial charge in [0.05, 0.1) is 25.9 Å². The van der Waals surface area contributed by atoms with Crippen molar-refractivity contribution in [2.24, 2.45) is 0 Å². The Balaban J connectivity index is 1.33. The molecule has 2 aliphatic rings. The van der Waals surface area contributed by atoms with E-state index in [-0.39, 0.29) is 30.7 Å². The second kappa shape index (κ2) is 13.4. The number of hydrogen-bond acceptors (Lipinski definition) is 6. The Kier molecular flexibility index (Phi) is 10.2. The highest BCUT2D eigenvalue weighted by molar-refractivity contribution is 5.89. The maximum absolute atomic E-state index is 12.4. The van der Waals surface area contributed by atoms with Crippen LogP contribution in [-0.4, -0.2) is 80.1 Å². The molecule has 2 fully saturated rings. The van der Waals surface area contributed by atoms with E-state index in [9.17, 15) is 14.7 Å². The highest BCUT2D eigenvalue weighted by Gasteiger charge is 2.31. The van der Waals surface area contributed by atoms with E-state index in [0.29, 0.717) is 37.2 Å². The summed E-state index contributed by atoms with van der Waals surface area (Å²) >= 11 is 0. The van der Waals surface area contributed by atoms with Crippen LogP contribution in [0.2, 0.25) is 0 Å². The number of anilines is 1. The van der Waals surface area contributed by atoms with Crippen molar-refractivity contribution >= 4 is 17.6 Å². The normalized spacial score (nSPS) is 23.5. The lowest BCUT2D eigenvalue weighted by molar-refractivity contribution is -0.122. The summed E-state index contributed by atoms with van der Waals surface area (Å²) in [5.41, 5.74) is 0.652. The Morgan fingerprint density at radius 3 is 2.61 bits per heavy atom. The molecular formula is C24H38N4O5.